The second-order valence-electron chi connectivity index (χ2n) is 4.63. The van der Waals surface area contributed by atoms with Gasteiger partial charge in [0.25, 0.3) is 5.91 Å². The average Bonchev–Trinajstić information content (AvgIpc) is 2.80. The van der Waals surface area contributed by atoms with Crippen molar-refractivity contribution in [3.8, 4) is 0 Å². The fourth-order valence-electron chi connectivity index (χ4n) is 2.16. The molecular weight excluding hydrogens is 354 g/mol. The number of rotatable bonds is 2. The molecule has 106 valence electrons. The van der Waals surface area contributed by atoms with Crippen LogP contribution < -0.4 is 5.32 Å². The minimum absolute atomic E-state index is 0.301. The molecule has 1 amide bonds. The second-order valence-corrected chi connectivity index (χ2v) is 5.95. The summed E-state index contributed by atoms with van der Waals surface area (Å²) in [6.45, 7) is 1.87. The van der Waals surface area contributed by atoms with Gasteiger partial charge in [-0.25, -0.2) is 0 Å². The first kappa shape index (κ1) is 14.2. The van der Waals surface area contributed by atoms with Crippen molar-refractivity contribution in [3.05, 3.63) is 63.3 Å². The molecule has 1 heterocycles. The SMILES string of the molecule is Cc1c(C(=O)Nc2ccc(Br)cc2Cl)oc2ccccc12. The van der Waals surface area contributed by atoms with Gasteiger partial charge < -0.3 is 9.73 Å². The standard InChI is InChI=1S/C16H11BrClNO2/c1-9-11-4-2-3-5-14(11)21-15(9)16(20)19-13-7-6-10(17)8-12(13)18/h2-8H,1H3,(H,19,20). The van der Waals surface area contributed by atoms with Crippen molar-refractivity contribution in [1.29, 1.82) is 0 Å². The molecule has 0 unspecified atom stereocenters. The van der Waals surface area contributed by atoms with Crippen LogP contribution in [-0.2, 0) is 0 Å². The van der Waals surface area contributed by atoms with Gasteiger partial charge in [0.1, 0.15) is 5.58 Å². The quantitative estimate of drug-likeness (QED) is 0.660. The van der Waals surface area contributed by atoms with Gasteiger partial charge in [0, 0.05) is 15.4 Å². The summed E-state index contributed by atoms with van der Waals surface area (Å²) in [6, 6.07) is 12.8. The largest absolute Gasteiger partial charge is 0.451 e. The predicted molar refractivity (Wildman–Crippen MR) is 88.1 cm³/mol. The summed E-state index contributed by atoms with van der Waals surface area (Å²) in [6.07, 6.45) is 0. The van der Waals surface area contributed by atoms with Crippen LogP contribution in [0.2, 0.25) is 5.02 Å². The first-order valence-corrected chi connectivity index (χ1v) is 7.48. The molecule has 0 aliphatic rings. The van der Waals surface area contributed by atoms with Gasteiger partial charge >= 0.3 is 0 Å². The highest BCUT2D eigenvalue weighted by Gasteiger charge is 2.18. The van der Waals surface area contributed by atoms with Crippen molar-refractivity contribution in [2.24, 2.45) is 0 Å². The molecule has 3 aromatic rings. The van der Waals surface area contributed by atoms with E-state index in [1.54, 1.807) is 12.1 Å². The lowest BCUT2D eigenvalue weighted by Crippen LogP contribution is -2.12. The Morgan fingerprint density at radius 3 is 2.71 bits per heavy atom. The molecule has 1 aromatic heterocycles. The van der Waals surface area contributed by atoms with Crippen LogP contribution in [0.25, 0.3) is 11.0 Å². The summed E-state index contributed by atoms with van der Waals surface area (Å²) in [5.74, 6) is -0.0110. The zero-order chi connectivity index (χ0) is 15.0. The Hall–Kier alpha value is -1.78. The normalized spacial score (nSPS) is 10.8. The molecule has 0 atom stereocenters. The highest BCUT2D eigenvalue weighted by molar-refractivity contribution is 9.10. The minimum atomic E-state index is -0.312. The fourth-order valence-corrected chi connectivity index (χ4v) is 2.88. The molecule has 0 saturated carbocycles. The van der Waals surface area contributed by atoms with Gasteiger partial charge in [0.15, 0.2) is 5.76 Å². The molecule has 0 saturated heterocycles. The van der Waals surface area contributed by atoms with Crippen LogP contribution in [0.1, 0.15) is 16.1 Å². The first-order chi connectivity index (χ1) is 10.1. The summed E-state index contributed by atoms with van der Waals surface area (Å²) < 4.78 is 6.48. The number of para-hydroxylation sites is 1. The number of carbonyl (C=O) groups excluding carboxylic acids is 1. The Labute approximate surface area is 135 Å². The number of hydrogen-bond donors (Lipinski definition) is 1. The van der Waals surface area contributed by atoms with Crippen LogP contribution in [0.4, 0.5) is 5.69 Å². The highest BCUT2D eigenvalue weighted by Crippen LogP contribution is 2.28. The van der Waals surface area contributed by atoms with Gasteiger partial charge in [0.05, 0.1) is 10.7 Å². The second kappa shape index (κ2) is 5.54. The highest BCUT2D eigenvalue weighted by atomic mass is 79.9. The smallest absolute Gasteiger partial charge is 0.291 e. The number of nitrogens with one attached hydrogen (secondary N) is 1. The Kier molecular flexibility index (Phi) is 3.74. The third kappa shape index (κ3) is 2.69. The molecule has 3 nitrogen and oxygen atoms in total. The van der Waals surface area contributed by atoms with Crippen LogP contribution in [0, 0.1) is 6.92 Å². The van der Waals surface area contributed by atoms with Crippen molar-refractivity contribution in [1.82, 2.24) is 0 Å². The van der Waals surface area contributed by atoms with Crippen molar-refractivity contribution in [3.63, 3.8) is 0 Å². The average molecular weight is 365 g/mol. The zero-order valence-electron chi connectivity index (χ0n) is 11.1. The van der Waals surface area contributed by atoms with E-state index in [0.717, 1.165) is 15.4 Å². The number of benzene rings is 2. The van der Waals surface area contributed by atoms with Crippen LogP contribution in [0.15, 0.2) is 51.4 Å². The number of halogens is 2. The van der Waals surface area contributed by atoms with Gasteiger partial charge in [-0.1, -0.05) is 45.7 Å². The number of aryl methyl sites for hydroxylation is 1. The summed E-state index contributed by atoms with van der Waals surface area (Å²) in [5, 5.41) is 4.17. The Balaban J connectivity index is 1.95. The van der Waals surface area contributed by atoms with Gasteiger partial charge in [-0.3, -0.25) is 4.79 Å². The van der Waals surface area contributed by atoms with Crippen LogP contribution in [0.5, 0.6) is 0 Å². The molecule has 2 aromatic carbocycles. The van der Waals surface area contributed by atoms with Gasteiger partial charge in [-0.05, 0) is 31.2 Å². The van der Waals surface area contributed by atoms with Crippen LogP contribution in [-0.4, -0.2) is 5.91 Å². The molecule has 0 aliphatic carbocycles. The van der Waals surface area contributed by atoms with Gasteiger partial charge in [-0.15, -0.1) is 0 Å². The topological polar surface area (TPSA) is 42.2 Å². The molecule has 21 heavy (non-hydrogen) atoms. The van der Waals surface area contributed by atoms with E-state index in [9.17, 15) is 4.79 Å². The lowest BCUT2D eigenvalue weighted by molar-refractivity contribution is 0.0998. The third-order valence-corrected chi connectivity index (χ3v) is 4.04. The molecule has 0 aliphatic heterocycles. The molecule has 0 radical (unpaired) electrons. The number of hydrogen-bond acceptors (Lipinski definition) is 2. The van der Waals surface area contributed by atoms with E-state index >= 15 is 0 Å². The maximum Gasteiger partial charge on any atom is 0.291 e. The molecule has 0 spiro atoms. The Bertz CT molecular complexity index is 841. The lowest BCUT2D eigenvalue weighted by atomic mass is 10.1. The number of carbonyl (C=O) groups is 1. The van der Waals surface area contributed by atoms with Crippen molar-refractivity contribution in [2.75, 3.05) is 5.32 Å². The summed E-state index contributed by atoms with van der Waals surface area (Å²) in [5.41, 5.74) is 2.06. The Morgan fingerprint density at radius 2 is 2.00 bits per heavy atom. The van der Waals surface area contributed by atoms with E-state index < -0.39 is 0 Å². The number of furan rings is 1. The van der Waals surface area contributed by atoms with Crippen molar-refractivity contribution >= 4 is 50.1 Å². The molecule has 3 rings (SSSR count). The molecule has 1 N–H and O–H groups in total. The van der Waals surface area contributed by atoms with Gasteiger partial charge in [-0.2, -0.15) is 0 Å². The van der Waals surface area contributed by atoms with Crippen LogP contribution >= 0.6 is 27.5 Å². The fraction of sp³-hybridized carbons (Fsp3) is 0.0625. The number of fused-ring (bicyclic) bond motifs is 1. The third-order valence-electron chi connectivity index (χ3n) is 3.23. The zero-order valence-corrected chi connectivity index (χ0v) is 13.5. The molecule has 0 fully saturated rings. The summed E-state index contributed by atoms with van der Waals surface area (Å²) >= 11 is 9.43. The summed E-state index contributed by atoms with van der Waals surface area (Å²) in [7, 11) is 0. The van der Waals surface area contributed by atoms with E-state index in [4.69, 9.17) is 16.0 Å². The van der Waals surface area contributed by atoms with E-state index in [1.165, 1.54) is 0 Å². The molecular formula is C16H11BrClNO2. The minimum Gasteiger partial charge on any atom is -0.451 e. The van der Waals surface area contributed by atoms with Crippen molar-refractivity contribution in [2.45, 2.75) is 6.92 Å². The lowest BCUT2D eigenvalue weighted by Gasteiger charge is -2.06. The number of amides is 1. The van der Waals surface area contributed by atoms with Crippen LogP contribution in [0.3, 0.4) is 0 Å². The van der Waals surface area contributed by atoms with E-state index in [1.807, 2.05) is 37.3 Å². The Morgan fingerprint density at radius 1 is 1.24 bits per heavy atom. The maximum atomic E-state index is 12.4. The molecule has 0 bridgehead atoms. The van der Waals surface area contributed by atoms with E-state index in [2.05, 4.69) is 21.2 Å². The van der Waals surface area contributed by atoms with E-state index in [0.29, 0.717) is 22.1 Å². The predicted octanol–water partition coefficient (Wildman–Crippen LogP) is 5.41. The monoisotopic (exact) mass is 363 g/mol. The first-order valence-electron chi connectivity index (χ1n) is 6.31. The van der Waals surface area contributed by atoms with E-state index in [-0.39, 0.29) is 5.91 Å². The maximum absolute atomic E-state index is 12.4. The summed E-state index contributed by atoms with van der Waals surface area (Å²) in [4.78, 5) is 12.4. The number of anilines is 1. The van der Waals surface area contributed by atoms with Gasteiger partial charge in [0.2, 0.25) is 0 Å². The molecule has 5 heteroatoms. The van der Waals surface area contributed by atoms with Crippen molar-refractivity contribution < 1.29 is 9.21 Å².